The molecule has 0 aliphatic rings. The first-order valence-electron chi connectivity index (χ1n) is 4.59. The van der Waals surface area contributed by atoms with E-state index in [9.17, 15) is 0 Å². The zero-order valence-electron chi connectivity index (χ0n) is 8.32. The van der Waals surface area contributed by atoms with E-state index >= 15 is 0 Å². The first-order valence-corrected chi connectivity index (χ1v) is 5.58. The SMILES string of the molecule is CCOCCSc1ccc(N)c(N)c1. The van der Waals surface area contributed by atoms with Crippen LogP contribution in [0, 0.1) is 0 Å². The first kappa shape index (κ1) is 11.2. The number of hydrogen-bond donors (Lipinski definition) is 2. The molecular weight excluding hydrogens is 196 g/mol. The van der Waals surface area contributed by atoms with Gasteiger partial charge in [0.25, 0.3) is 0 Å². The Labute approximate surface area is 88.8 Å². The summed E-state index contributed by atoms with van der Waals surface area (Å²) in [6.45, 7) is 3.53. The van der Waals surface area contributed by atoms with Gasteiger partial charge < -0.3 is 16.2 Å². The summed E-state index contributed by atoms with van der Waals surface area (Å²) in [6.07, 6.45) is 0. The van der Waals surface area contributed by atoms with E-state index in [4.69, 9.17) is 16.2 Å². The van der Waals surface area contributed by atoms with Crippen LogP contribution in [0.25, 0.3) is 0 Å². The lowest BCUT2D eigenvalue weighted by Crippen LogP contribution is -1.97. The van der Waals surface area contributed by atoms with Gasteiger partial charge in [0.05, 0.1) is 18.0 Å². The van der Waals surface area contributed by atoms with Crippen LogP contribution in [0.4, 0.5) is 11.4 Å². The Morgan fingerprint density at radius 2 is 2.07 bits per heavy atom. The van der Waals surface area contributed by atoms with Gasteiger partial charge in [0, 0.05) is 17.3 Å². The lowest BCUT2D eigenvalue weighted by atomic mass is 10.3. The summed E-state index contributed by atoms with van der Waals surface area (Å²) in [5, 5.41) is 0. The molecule has 0 heterocycles. The van der Waals surface area contributed by atoms with Crippen LogP contribution in [0.1, 0.15) is 6.92 Å². The van der Waals surface area contributed by atoms with E-state index in [2.05, 4.69) is 0 Å². The molecule has 0 bridgehead atoms. The number of thioether (sulfide) groups is 1. The van der Waals surface area contributed by atoms with Gasteiger partial charge in [-0.1, -0.05) is 0 Å². The quantitative estimate of drug-likeness (QED) is 0.445. The van der Waals surface area contributed by atoms with Crippen molar-refractivity contribution in [2.75, 3.05) is 30.4 Å². The van der Waals surface area contributed by atoms with Gasteiger partial charge in [0.1, 0.15) is 0 Å². The van der Waals surface area contributed by atoms with Crippen molar-refractivity contribution in [3.63, 3.8) is 0 Å². The molecule has 0 aliphatic carbocycles. The molecule has 4 heteroatoms. The number of rotatable bonds is 5. The molecule has 0 aliphatic heterocycles. The fourth-order valence-electron chi connectivity index (χ4n) is 1.01. The van der Waals surface area contributed by atoms with Crippen molar-refractivity contribution in [3.8, 4) is 0 Å². The zero-order chi connectivity index (χ0) is 10.4. The van der Waals surface area contributed by atoms with Crippen LogP contribution >= 0.6 is 11.8 Å². The Morgan fingerprint density at radius 3 is 2.71 bits per heavy atom. The summed E-state index contributed by atoms with van der Waals surface area (Å²) in [5.74, 6) is 0.942. The van der Waals surface area contributed by atoms with Gasteiger partial charge in [0.2, 0.25) is 0 Å². The summed E-state index contributed by atoms with van der Waals surface area (Å²) in [6, 6.07) is 5.70. The van der Waals surface area contributed by atoms with E-state index in [-0.39, 0.29) is 0 Å². The van der Waals surface area contributed by atoms with Gasteiger partial charge in [-0.15, -0.1) is 11.8 Å². The number of ether oxygens (including phenoxy) is 1. The molecular formula is C10H16N2OS. The van der Waals surface area contributed by atoms with Gasteiger partial charge >= 0.3 is 0 Å². The van der Waals surface area contributed by atoms with Gasteiger partial charge in [0.15, 0.2) is 0 Å². The number of nitrogens with two attached hydrogens (primary N) is 2. The largest absolute Gasteiger partial charge is 0.397 e. The molecule has 0 amide bonds. The maximum absolute atomic E-state index is 5.68. The van der Waals surface area contributed by atoms with Crippen LogP contribution in [0.3, 0.4) is 0 Å². The highest BCUT2D eigenvalue weighted by atomic mass is 32.2. The van der Waals surface area contributed by atoms with Crippen molar-refractivity contribution in [2.24, 2.45) is 0 Å². The van der Waals surface area contributed by atoms with E-state index < -0.39 is 0 Å². The van der Waals surface area contributed by atoms with E-state index in [1.54, 1.807) is 11.8 Å². The van der Waals surface area contributed by atoms with E-state index in [0.29, 0.717) is 11.4 Å². The third-order valence-electron chi connectivity index (χ3n) is 1.76. The molecule has 3 nitrogen and oxygen atoms in total. The Bertz CT molecular complexity index is 291. The maximum Gasteiger partial charge on any atom is 0.0560 e. The second-order valence-electron chi connectivity index (χ2n) is 2.84. The molecule has 78 valence electrons. The van der Waals surface area contributed by atoms with Crippen LogP contribution in [0.15, 0.2) is 23.1 Å². The summed E-state index contributed by atoms with van der Waals surface area (Å²) in [4.78, 5) is 1.14. The van der Waals surface area contributed by atoms with Crippen molar-refractivity contribution in [1.29, 1.82) is 0 Å². The zero-order valence-corrected chi connectivity index (χ0v) is 9.14. The van der Waals surface area contributed by atoms with Crippen LogP contribution in [0.5, 0.6) is 0 Å². The topological polar surface area (TPSA) is 61.3 Å². The van der Waals surface area contributed by atoms with Gasteiger partial charge in [-0.05, 0) is 25.1 Å². The molecule has 0 saturated carbocycles. The van der Waals surface area contributed by atoms with Crippen molar-refractivity contribution in [2.45, 2.75) is 11.8 Å². The van der Waals surface area contributed by atoms with Crippen molar-refractivity contribution < 1.29 is 4.74 Å². The highest BCUT2D eigenvalue weighted by Crippen LogP contribution is 2.24. The van der Waals surface area contributed by atoms with E-state index in [0.717, 1.165) is 23.9 Å². The summed E-state index contributed by atoms with van der Waals surface area (Å²) in [5.41, 5.74) is 12.6. The van der Waals surface area contributed by atoms with Crippen LogP contribution in [-0.2, 0) is 4.74 Å². The highest BCUT2D eigenvalue weighted by molar-refractivity contribution is 7.99. The Kier molecular flexibility index (Phi) is 4.62. The van der Waals surface area contributed by atoms with Crippen molar-refractivity contribution >= 4 is 23.1 Å². The van der Waals surface area contributed by atoms with E-state index in [1.807, 2.05) is 25.1 Å². The summed E-state index contributed by atoms with van der Waals surface area (Å²) in [7, 11) is 0. The molecule has 14 heavy (non-hydrogen) atoms. The Morgan fingerprint density at radius 1 is 1.29 bits per heavy atom. The molecule has 0 aromatic heterocycles. The highest BCUT2D eigenvalue weighted by Gasteiger charge is 1.97. The maximum atomic E-state index is 5.68. The fourth-order valence-corrected chi connectivity index (χ4v) is 1.82. The minimum absolute atomic E-state index is 0.638. The third-order valence-corrected chi connectivity index (χ3v) is 2.72. The number of benzene rings is 1. The number of hydrogen-bond acceptors (Lipinski definition) is 4. The molecule has 0 radical (unpaired) electrons. The normalized spacial score (nSPS) is 10.4. The molecule has 0 atom stereocenters. The average Bonchev–Trinajstić information content (AvgIpc) is 2.18. The molecule has 4 N–H and O–H groups in total. The van der Waals surface area contributed by atoms with Gasteiger partial charge in [-0.3, -0.25) is 0 Å². The Hall–Kier alpha value is -0.870. The van der Waals surface area contributed by atoms with Crippen LogP contribution in [-0.4, -0.2) is 19.0 Å². The lowest BCUT2D eigenvalue weighted by molar-refractivity contribution is 0.164. The molecule has 1 rings (SSSR count). The predicted octanol–water partition coefficient (Wildman–Crippen LogP) is 1.98. The summed E-state index contributed by atoms with van der Waals surface area (Å²) < 4.78 is 5.23. The van der Waals surface area contributed by atoms with Gasteiger partial charge in [-0.2, -0.15) is 0 Å². The molecule has 0 unspecified atom stereocenters. The minimum atomic E-state index is 0.638. The second kappa shape index (κ2) is 5.78. The molecule has 0 fully saturated rings. The second-order valence-corrected chi connectivity index (χ2v) is 4.00. The lowest BCUT2D eigenvalue weighted by Gasteiger charge is -2.04. The molecule has 1 aromatic rings. The smallest absolute Gasteiger partial charge is 0.0560 e. The van der Waals surface area contributed by atoms with Crippen molar-refractivity contribution in [3.05, 3.63) is 18.2 Å². The predicted molar refractivity (Wildman–Crippen MR) is 62.5 cm³/mol. The number of anilines is 2. The average molecular weight is 212 g/mol. The third kappa shape index (κ3) is 3.47. The number of nitrogen functional groups attached to an aromatic ring is 2. The minimum Gasteiger partial charge on any atom is -0.397 e. The first-order chi connectivity index (χ1) is 6.74. The van der Waals surface area contributed by atoms with E-state index in [1.165, 1.54) is 0 Å². The Balaban J connectivity index is 2.39. The monoisotopic (exact) mass is 212 g/mol. The van der Waals surface area contributed by atoms with Gasteiger partial charge in [-0.25, -0.2) is 0 Å². The summed E-state index contributed by atoms with van der Waals surface area (Å²) >= 11 is 1.72. The van der Waals surface area contributed by atoms with Crippen LogP contribution < -0.4 is 11.5 Å². The van der Waals surface area contributed by atoms with Crippen molar-refractivity contribution in [1.82, 2.24) is 0 Å². The molecule has 0 spiro atoms. The molecule has 0 saturated heterocycles. The standard InChI is InChI=1S/C10H16N2OS/c1-2-13-5-6-14-8-3-4-9(11)10(12)7-8/h3-4,7H,2,5-6,11-12H2,1H3. The molecule has 1 aromatic carbocycles. The van der Waals surface area contributed by atoms with Crippen LogP contribution in [0.2, 0.25) is 0 Å². The fraction of sp³-hybridized carbons (Fsp3) is 0.400.